The second kappa shape index (κ2) is 13.7. The minimum Gasteiger partial charge on any atom is -0.292 e. The van der Waals surface area contributed by atoms with Gasteiger partial charge in [-0.2, -0.15) is 0 Å². The zero-order valence-corrected chi connectivity index (χ0v) is 38.4. The average molecular weight is 893 g/mol. The van der Waals surface area contributed by atoms with Crippen LogP contribution < -0.4 is 0 Å². The van der Waals surface area contributed by atoms with Gasteiger partial charge in [0.25, 0.3) is 0 Å². The zero-order chi connectivity index (χ0) is 45.9. The number of pyridine rings is 3. The number of benzene rings is 10. The average Bonchev–Trinajstić information content (AvgIpc) is 4.11. The fraction of sp³-hybridized carbons (Fsp3) is 0.0469. The third kappa shape index (κ3) is 5.14. The van der Waals surface area contributed by atoms with Crippen molar-refractivity contribution in [2.45, 2.75) is 20.3 Å². The Hall–Kier alpha value is -9.13. The highest BCUT2D eigenvalue weighted by Crippen LogP contribution is 2.43. The summed E-state index contributed by atoms with van der Waals surface area (Å²) in [4.78, 5) is 16.0. The van der Waals surface area contributed by atoms with Crippen LogP contribution in [0.2, 0.25) is 0 Å². The molecular formula is C64H40N6. The van der Waals surface area contributed by atoms with Crippen molar-refractivity contribution in [2.24, 2.45) is 0 Å². The number of hydrogen-bond acceptors (Lipinski definition) is 3. The van der Waals surface area contributed by atoms with Crippen molar-refractivity contribution in [1.29, 1.82) is 0 Å². The number of fused-ring (bicyclic) bond motifs is 26. The molecule has 0 unspecified atom stereocenters. The fourth-order valence-electron chi connectivity index (χ4n) is 12.1. The van der Waals surface area contributed by atoms with Crippen LogP contribution in [-0.4, -0.2) is 28.2 Å². The SMILES string of the molecule is Cc1ccc2c(c1)c1ccc(Cc3ccc4c5ccccc5c5nc6cc(-c7cc8c9ccc(C)cc9n9c%10ccccc%10nc9c8c8ccccc78)ccc6n5c4c3)cc1c1nc3ccccc3n21. The van der Waals surface area contributed by atoms with E-state index in [1.54, 1.807) is 0 Å². The van der Waals surface area contributed by atoms with E-state index in [0.717, 1.165) is 72.9 Å². The van der Waals surface area contributed by atoms with E-state index in [0.29, 0.717) is 0 Å². The molecule has 0 saturated heterocycles. The van der Waals surface area contributed by atoms with E-state index in [9.17, 15) is 0 Å². The third-order valence-corrected chi connectivity index (χ3v) is 15.2. The molecule has 6 heteroatoms. The van der Waals surface area contributed by atoms with Gasteiger partial charge in [-0.3, -0.25) is 13.2 Å². The van der Waals surface area contributed by atoms with Crippen molar-refractivity contribution in [1.82, 2.24) is 28.2 Å². The van der Waals surface area contributed by atoms with Gasteiger partial charge in [0.1, 0.15) is 16.9 Å². The van der Waals surface area contributed by atoms with E-state index in [-0.39, 0.29) is 0 Å². The molecular weight excluding hydrogens is 853 g/mol. The van der Waals surface area contributed by atoms with E-state index in [2.05, 4.69) is 221 Å². The van der Waals surface area contributed by atoms with Crippen LogP contribution in [0.5, 0.6) is 0 Å². The number of aromatic nitrogens is 6. The summed E-state index contributed by atoms with van der Waals surface area (Å²) in [6.07, 6.45) is 0.777. The van der Waals surface area contributed by atoms with Crippen LogP contribution in [-0.2, 0) is 6.42 Å². The lowest BCUT2D eigenvalue weighted by Gasteiger charge is -2.15. The van der Waals surface area contributed by atoms with E-state index in [4.69, 9.17) is 15.0 Å². The fourth-order valence-corrected chi connectivity index (χ4v) is 12.1. The number of aryl methyl sites for hydroxylation is 2. The Kier molecular flexibility index (Phi) is 7.44. The highest BCUT2D eigenvalue weighted by Gasteiger charge is 2.21. The van der Waals surface area contributed by atoms with Crippen LogP contribution in [0.15, 0.2) is 194 Å². The molecule has 326 valence electrons. The van der Waals surface area contributed by atoms with Crippen molar-refractivity contribution in [3.63, 3.8) is 0 Å². The molecule has 6 nitrogen and oxygen atoms in total. The Morgan fingerprint density at radius 2 is 0.857 bits per heavy atom. The van der Waals surface area contributed by atoms with E-state index in [1.807, 2.05) is 0 Å². The van der Waals surface area contributed by atoms with Crippen LogP contribution in [0.25, 0.3) is 137 Å². The third-order valence-electron chi connectivity index (χ3n) is 15.2. The summed E-state index contributed by atoms with van der Waals surface area (Å²) >= 11 is 0. The highest BCUT2D eigenvalue weighted by molar-refractivity contribution is 6.26. The number of nitrogens with zero attached hydrogens (tertiary/aromatic N) is 6. The summed E-state index contributed by atoms with van der Waals surface area (Å²) < 4.78 is 7.09. The van der Waals surface area contributed by atoms with Gasteiger partial charge in [-0.05, 0) is 148 Å². The van der Waals surface area contributed by atoms with Crippen molar-refractivity contribution in [2.75, 3.05) is 0 Å². The smallest absolute Gasteiger partial charge is 0.147 e. The first kappa shape index (κ1) is 37.9. The molecule has 6 aromatic heterocycles. The molecule has 0 radical (unpaired) electrons. The summed E-state index contributed by atoms with van der Waals surface area (Å²) in [5.74, 6) is 0. The molecule has 0 aliphatic rings. The van der Waals surface area contributed by atoms with Gasteiger partial charge < -0.3 is 0 Å². The number of imidazole rings is 3. The molecule has 10 aromatic carbocycles. The van der Waals surface area contributed by atoms with Crippen molar-refractivity contribution >= 4 is 126 Å². The van der Waals surface area contributed by atoms with Crippen LogP contribution in [0.1, 0.15) is 22.3 Å². The van der Waals surface area contributed by atoms with Gasteiger partial charge in [-0.15, -0.1) is 0 Å². The zero-order valence-electron chi connectivity index (χ0n) is 38.4. The Balaban J connectivity index is 0.891. The van der Waals surface area contributed by atoms with Gasteiger partial charge in [0.15, 0.2) is 0 Å². The number of hydrogen-bond donors (Lipinski definition) is 0. The predicted octanol–water partition coefficient (Wildman–Crippen LogP) is 16.0. The predicted molar refractivity (Wildman–Crippen MR) is 292 cm³/mol. The summed E-state index contributed by atoms with van der Waals surface area (Å²) in [7, 11) is 0. The molecule has 0 bridgehead atoms. The Bertz CT molecular complexity index is 5010. The Labute approximate surface area is 399 Å². The van der Waals surface area contributed by atoms with E-state index in [1.165, 1.54) is 92.7 Å². The lowest BCUT2D eigenvalue weighted by Crippen LogP contribution is -1.96. The second-order valence-corrected chi connectivity index (χ2v) is 19.4. The quantitative estimate of drug-likeness (QED) is 0.166. The standard InChI is InChI=1S/C64H40N6/c1-36-20-27-55-49(29-36)43-25-21-38(32-51(43)63-65-52-15-7-9-17-56(52)68(55)63)31-39-22-26-44-41-11-4-6-14-47(41)62-67-54-34-40(23-28-58(54)69(62)60(44)33-39)48-35-50-45-24-19-37(2)30-59(45)70-57-18-10-8-16-53(57)66-64(70)61(50)46-13-5-3-12-42(46)48/h3-30,32-35H,31H2,1-2H3. The molecule has 0 amide bonds. The van der Waals surface area contributed by atoms with Crippen LogP contribution in [0.4, 0.5) is 0 Å². The molecule has 0 atom stereocenters. The maximum absolute atomic E-state index is 5.51. The first-order valence-corrected chi connectivity index (χ1v) is 24.1. The summed E-state index contributed by atoms with van der Waals surface area (Å²) in [6.45, 7) is 4.34. The van der Waals surface area contributed by atoms with Crippen LogP contribution >= 0.6 is 0 Å². The van der Waals surface area contributed by atoms with Gasteiger partial charge in [-0.1, -0.05) is 127 Å². The largest absolute Gasteiger partial charge is 0.292 e. The summed E-state index contributed by atoms with van der Waals surface area (Å²) in [5, 5.41) is 13.2. The highest BCUT2D eigenvalue weighted by atomic mass is 15.0. The first-order chi connectivity index (χ1) is 34.5. The number of para-hydroxylation sites is 4. The molecule has 16 aromatic rings. The van der Waals surface area contributed by atoms with Gasteiger partial charge in [-0.25, -0.2) is 15.0 Å². The molecule has 0 spiro atoms. The van der Waals surface area contributed by atoms with E-state index >= 15 is 0 Å². The minimum atomic E-state index is 0.777. The maximum atomic E-state index is 5.51. The van der Waals surface area contributed by atoms with Gasteiger partial charge in [0.2, 0.25) is 0 Å². The molecule has 0 N–H and O–H groups in total. The number of rotatable bonds is 3. The molecule has 70 heavy (non-hydrogen) atoms. The molecule has 6 heterocycles. The Morgan fingerprint density at radius 1 is 0.314 bits per heavy atom. The second-order valence-electron chi connectivity index (χ2n) is 19.4. The normalized spacial score (nSPS) is 12.5. The van der Waals surface area contributed by atoms with Crippen molar-refractivity contribution < 1.29 is 0 Å². The van der Waals surface area contributed by atoms with Crippen LogP contribution in [0.3, 0.4) is 0 Å². The molecule has 0 aliphatic heterocycles. The van der Waals surface area contributed by atoms with Crippen molar-refractivity contribution in [3.05, 3.63) is 216 Å². The van der Waals surface area contributed by atoms with Crippen LogP contribution in [0, 0.1) is 13.8 Å². The van der Waals surface area contributed by atoms with Crippen molar-refractivity contribution in [3.8, 4) is 11.1 Å². The lowest BCUT2D eigenvalue weighted by atomic mass is 9.91. The maximum Gasteiger partial charge on any atom is 0.147 e. The minimum absolute atomic E-state index is 0.777. The molecule has 16 rings (SSSR count). The topological polar surface area (TPSA) is 51.9 Å². The van der Waals surface area contributed by atoms with Gasteiger partial charge in [0.05, 0.1) is 49.7 Å². The lowest BCUT2D eigenvalue weighted by molar-refractivity contribution is 1.20. The molecule has 0 saturated carbocycles. The first-order valence-electron chi connectivity index (χ1n) is 24.1. The summed E-state index contributed by atoms with van der Waals surface area (Å²) in [6, 6.07) is 71.4. The van der Waals surface area contributed by atoms with E-state index < -0.39 is 0 Å². The Morgan fingerprint density at radius 3 is 1.69 bits per heavy atom. The molecule has 0 fully saturated rings. The van der Waals surface area contributed by atoms with Gasteiger partial charge >= 0.3 is 0 Å². The molecule has 0 aliphatic carbocycles. The summed E-state index contributed by atoms with van der Waals surface area (Å²) in [5.41, 5.74) is 20.0. The van der Waals surface area contributed by atoms with Gasteiger partial charge in [0, 0.05) is 32.3 Å². The monoisotopic (exact) mass is 892 g/mol.